The molecule has 2 aromatic carbocycles. The van der Waals surface area contributed by atoms with Crippen molar-refractivity contribution in [2.24, 2.45) is 4.99 Å². The summed E-state index contributed by atoms with van der Waals surface area (Å²) in [6.07, 6.45) is 0.839. The van der Waals surface area contributed by atoms with Gasteiger partial charge in [0, 0.05) is 51.4 Å². The number of ether oxygens (including phenoxy) is 5. The third-order valence-electron chi connectivity index (χ3n) is 4.89. The highest BCUT2D eigenvalue weighted by molar-refractivity contribution is 14.0. The first-order chi connectivity index (χ1) is 15.6. The largest absolute Gasteiger partial charge is 0.496 e. The van der Waals surface area contributed by atoms with Crippen molar-refractivity contribution in [1.82, 2.24) is 10.6 Å². The molecular weight excluding hydrogens is 537 g/mol. The molecule has 0 bridgehead atoms. The van der Waals surface area contributed by atoms with Crippen molar-refractivity contribution >= 4 is 29.9 Å². The zero-order chi connectivity index (χ0) is 23.3. The number of nitrogens with one attached hydrogen (secondary N) is 2. The van der Waals surface area contributed by atoms with Crippen LogP contribution in [-0.2, 0) is 17.8 Å². The molecule has 0 saturated heterocycles. The zero-order valence-corrected chi connectivity index (χ0v) is 22.6. The van der Waals surface area contributed by atoms with Gasteiger partial charge in [0.1, 0.15) is 23.0 Å². The van der Waals surface area contributed by atoms with Crippen LogP contribution < -0.4 is 29.6 Å². The number of halogens is 1. The predicted molar refractivity (Wildman–Crippen MR) is 142 cm³/mol. The molecule has 0 fully saturated rings. The van der Waals surface area contributed by atoms with E-state index in [1.54, 1.807) is 35.5 Å². The SMILES string of the molecule is CN=C(NCc1ccc(C)cc1OCCCOC)NCc1c(OC)cc(OC)cc1OC.I. The van der Waals surface area contributed by atoms with Gasteiger partial charge in [-0.3, -0.25) is 4.99 Å². The molecule has 0 aliphatic carbocycles. The summed E-state index contributed by atoms with van der Waals surface area (Å²) in [7, 11) is 8.28. The van der Waals surface area contributed by atoms with Crippen LogP contribution in [0.4, 0.5) is 0 Å². The summed E-state index contributed by atoms with van der Waals surface area (Å²) >= 11 is 0. The third kappa shape index (κ3) is 8.81. The van der Waals surface area contributed by atoms with Crippen molar-refractivity contribution in [3.63, 3.8) is 0 Å². The van der Waals surface area contributed by atoms with Crippen LogP contribution in [0, 0.1) is 6.92 Å². The van der Waals surface area contributed by atoms with E-state index in [2.05, 4.69) is 34.7 Å². The van der Waals surface area contributed by atoms with Gasteiger partial charge in [0.05, 0.1) is 40.0 Å². The molecule has 33 heavy (non-hydrogen) atoms. The maximum absolute atomic E-state index is 5.97. The van der Waals surface area contributed by atoms with Crippen LogP contribution >= 0.6 is 24.0 Å². The summed E-state index contributed by atoms with van der Waals surface area (Å²) in [6, 6.07) is 9.84. The maximum Gasteiger partial charge on any atom is 0.191 e. The van der Waals surface area contributed by atoms with Gasteiger partial charge in [-0.05, 0) is 18.6 Å². The first-order valence-electron chi connectivity index (χ1n) is 10.5. The van der Waals surface area contributed by atoms with Crippen molar-refractivity contribution in [2.45, 2.75) is 26.4 Å². The van der Waals surface area contributed by atoms with Crippen LogP contribution in [-0.4, -0.2) is 54.7 Å². The lowest BCUT2D eigenvalue weighted by molar-refractivity contribution is 0.171. The summed E-state index contributed by atoms with van der Waals surface area (Å²) in [6.45, 7) is 4.36. The molecule has 0 atom stereocenters. The fraction of sp³-hybridized carbons (Fsp3) is 0.458. The minimum Gasteiger partial charge on any atom is -0.496 e. The molecule has 0 amide bonds. The first kappa shape index (κ1) is 28.6. The van der Waals surface area contributed by atoms with Gasteiger partial charge >= 0.3 is 0 Å². The number of methoxy groups -OCH3 is 4. The fourth-order valence-electron chi connectivity index (χ4n) is 3.15. The predicted octanol–water partition coefficient (Wildman–Crippen LogP) is 3.92. The molecule has 2 N–H and O–H groups in total. The second-order valence-electron chi connectivity index (χ2n) is 7.10. The van der Waals surface area contributed by atoms with Crippen LogP contribution in [0.3, 0.4) is 0 Å². The number of rotatable bonds is 12. The summed E-state index contributed by atoms with van der Waals surface area (Å²) in [5.41, 5.74) is 3.07. The normalized spacial score (nSPS) is 10.8. The minimum atomic E-state index is 0. The van der Waals surface area contributed by atoms with E-state index in [1.807, 2.05) is 18.2 Å². The van der Waals surface area contributed by atoms with Crippen LogP contribution in [0.5, 0.6) is 23.0 Å². The average Bonchev–Trinajstić information content (AvgIpc) is 2.82. The van der Waals surface area contributed by atoms with Crippen molar-refractivity contribution in [2.75, 3.05) is 48.7 Å². The summed E-state index contributed by atoms with van der Waals surface area (Å²) in [4.78, 5) is 4.33. The van der Waals surface area contributed by atoms with Crippen LogP contribution in [0.2, 0.25) is 0 Å². The molecule has 184 valence electrons. The Morgan fingerprint density at radius 2 is 1.52 bits per heavy atom. The Balaban J connectivity index is 0.00000544. The molecule has 0 unspecified atom stereocenters. The van der Waals surface area contributed by atoms with E-state index >= 15 is 0 Å². The lowest BCUT2D eigenvalue weighted by Gasteiger charge is -2.18. The monoisotopic (exact) mass is 573 g/mol. The number of aliphatic imine (C=N–C) groups is 1. The molecule has 9 heteroatoms. The number of aryl methyl sites for hydroxylation is 1. The minimum absolute atomic E-state index is 0. The van der Waals surface area contributed by atoms with E-state index in [4.69, 9.17) is 23.7 Å². The Morgan fingerprint density at radius 3 is 2.09 bits per heavy atom. The van der Waals surface area contributed by atoms with E-state index in [1.165, 1.54) is 0 Å². The highest BCUT2D eigenvalue weighted by atomic mass is 127. The number of nitrogens with zero attached hydrogens (tertiary/aromatic N) is 1. The van der Waals surface area contributed by atoms with Gasteiger partial charge in [0.15, 0.2) is 5.96 Å². The summed E-state index contributed by atoms with van der Waals surface area (Å²) in [5, 5.41) is 6.66. The Hall–Kier alpha value is -2.40. The second-order valence-corrected chi connectivity index (χ2v) is 7.10. The molecule has 0 aromatic heterocycles. The Bertz CT molecular complexity index is 867. The highest BCUT2D eigenvalue weighted by Gasteiger charge is 2.14. The van der Waals surface area contributed by atoms with Crippen LogP contribution in [0.1, 0.15) is 23.1 Å². The summed E-state index contributed by atoms with van der Waals surface area (Å²) in [5.74, 6) is 3.53. The molecule has 0 saturated carbocycles. The summed E-state index contributed by atoms with van der Waals surface area (Å²) < 4.78 is 27.4. The van der Waals surface area contributed by atoms with Crippen molar-refractivity contribution < 1.29 is 23.7 Å². The highest BCUT2D eigenvalue weighted by Crippen LogP contribution is 2.33. The third-order valence-corrected chi connectivity index (χ3v) is 4.89. The van der Waals surface area contributed by atoms with Gasteiger partial charge in [-0.2, -0.15) is 0 Å². The molecule has 0 aliphatic rings. The zero-order valence-electron chi connectivity index (χ0n) is 20.3. The van der Waals surface area contributed by atoms with Gasteiger partial charge in [-0.15, -0.1) is 24.0 Å². The number of benzene rings is 2. The lowest BCUT2D eigenvalue weighted by Crippen LogP contribution is -2.36. The molecule has 0 radical (unpaired) electrons. The van der Waals surface area contributed by atoms with E-state index in [0.717, 1.165) is 28.9 Å². The molecule has 8 nitrogen and oxygen atoms in total. The van der Waals surface area contributed by atoms with Gasteiger partial charge in [0.2, 0.25) is 0 Å². The van der Waals surface area contributed by atoms with Gasteiger partial charge < -0.3 is 34.3 Å². The van der Waals surface area contributed by atoms with Gasteiger partial charge in [-0.1, -0.05) is 12.1 Å². The van der Waals surface area contributed by atoms with E-state index in [-0.39, 0.29) is 24.0 Å². The first-order valence-corrected chi connectivity index (χ1v) is 10.5. The van der Waals surface area contributed by atoms with Gasteiger partial charge in [-0.25, -0.2) is 0 Å². The van der Waals surface area contributed by atoms with E-state index < -0.39 is 0 Å². The average molecular weight is 573 g/mol. The number of hydrogen-bond donors (Lipinski definition) is 2. The topological polar surface area (TPSA) is 82.6 Å². The number of guanidine groups is 1. The quantitative estimate of drug-likeness (QED) is 0.173. The Morgan fingerprint density at radius 1 is 0.848 bits per heavy atom. The van der Waals surface area contributed by atoms with Crippen LogP contribution in [0.15, 0.2) is 35.3 Å². The number of hydrogen-bond acceptors (Lipinski definition) is 6. The fourth-order valence-corrected chi connectivity index (χ4v) is 3.15. The van der Waals surface area contributed by atoms with E-state index in [9.17, 15) is 0 Å². The second kappa shape index (κ2) is 15.4. The molecule has 2 rings (SSSR count). The Labute approximate surface area is 214 Å². The molecule has 0 heterocycles. The standard InChI is InChI=1S/C24H35N3O5.HI/c1-17-8-9-18(21(12-17)32-11-7-10-28-3)15-26-24(25-2)27-16-20-22(30-5)13-19(29-4)14-23(20)31-6;/h8-9,12-14H,7,10-11,15-16H2,1-6H3,(H2,25,26,27);1H. The molecular formula is C24H36IN3O5. The molecule has 0 spiro atoms. The van der Waals surface area contributed by atoms with Crippen LogP contribution in [0.25, 0.3) is 0 Å². The Kier molecular flexibility index (Phi) is 13.4. The molecule has 0 aliphatic heterocycles. The lowest BCUT2D eigenvalue weighted by atomic mass is 10.1. The van der Waals surface area contributed by atoms with E-state index in [0.29, 0.717) is 49.5 Å². The van der Waals surface area contributed by atoms with Crippen molar-refractivity contribution in [3.8, 4) is 23.0 Å². The maximum atomic E-state index is 5.97. The smallest absolute Gasteiger partial charge is 0.191 e. The van der Waals surface area contributed by atoms with Crippen molar-refractivity contribution in [1.29, 1.82) is 0 Å². The molecule has 2 aromatic rings. The van der Waals surface area contributed by atoms with Gasteiger partial charge in [0.25, 0.3) is 0 Å². The van der Waals surface area contributed by atoms with Crippen molar-refractivity contribution in [3.05, 3.63) is 47.0 Å².